The maximum absolute atomic E-state index is 12.7. The number of amides is 1. The van der Waals surface area contributed by atoms with E-state index in [4.69, 9.17) is 0 Å². The fourth-order valence-corrected chi connectivity index (χ4v) is 2.93. The Balaban J connectivity index is 1.60. The second-order valence-corrected chi connectivity index (χ2v) is 6.27. The minimum Gasteiger partial charge on any atom is -0.354 e. The van der Waals surface area contributed by atoms with E-state index in [9.17, 15) is 22.8 Å². The number of fused-ring (bicyclic) bond motifs is 1. The monoisotopic (exact) mass is 377 g/mol. The summed E-state index contributed by atoms with van der Waals surface area (Å²) >= 11 is 0. The molecule has 27 heavy (non-hydrogen) atoms. The Bertz CT molecular complexity index is 1030. The van der Waals surface area contributed by atoms with Crippen LogP contribution in [0.2, 0.25) is 0 Å². The molecule has 142 valence electrons. The standard InChI is InChI=1S/C19H18F3N3O2/c1-24-8-5-14-6-9-25(18(27)17(14)24)10-7-23-16(26)12-13-3-2-4-15(11-13)19(20,21)22/h2-6,8-9,11H,7,10,12H2,1H3,(H,23,26). The molecule has 8 heteroatoms. The Morgan fingerprint density at radius 2 is 1.89 bits per heavy atom. The summed E-state index contributed by atoms with van der Waals surface area (Å²) in [5.41, 5.74) is -0.0835. The van der Waals surface area contributed by atoms with E-state index in [1.807, 2.05) is 12.1 Å². The molecular weight excluding hydrogens is 359 g/mol. The van der Waals surface area contributed by atoms with E-state index in [-0.39, 0.29) is 30.6 Å². The Morgan fingerprint density at radius 3 is 2.63 bits per heavy atom. The van der Waals surface area contributed by atoms with Gasteiger partial charge in [0.2, 0.25) is 5.91 Å². The van der Waals surface area contributed by atoms with Crippen LogP contribution in [0.3, 0.4) is 0 Å². The summed E-state index contributed by atoms with van der Waals surface area (Å²) in [5, 5.41) is 3.47. The molecule has 0 spiro atoms. The van der Waals surface area contributed by atoms with Crippen molar-refractivity contribution in [3.8, 4) is 0 Å². The van der Waals surface area contributed by atoms with Crippen LogP contribution < -0.4 is 10.9 Å². The highest BCUT2D eigenvalue weighted by atomic mass is 19.4. The number of pyridine rings is 1. The third-order valence-corrected chi connectivity index (χ3v) is 4.30. The molecule has 0 unspecified atom stereocenters. The second-order valence-electron chi connectivity index (χ2n) is 6.27. The van der Waals surface area contributed by atoms with Gasteiger partial charge in [-0.05, 0) is 23.8 Å². The molecule has 0 saturated heterocycles. The van der Waals surface area contributed by atoms with Gasteiger partial charge in [0.1, 0.15) is 5.52 Å². The van der Waals surface area contributed by atoms with Gasteiger partial charge < -0.3 is 14.5 Å². The van der Waals surface area contributed by atoms with E-state index in [0.717, 1.165) is 17.5 Å². The molecule has 0 saturated carbocycles. The van der Waals surface area contributed by atoms with E-state index in [0.29, 0.717) is 5.52 Å². The Labute approximate surface area is 153 Å². The number of rotatable bonds is 5. The van der Waals surface area contributed by atoms with Crippen molar-refractivity contribution in [2.45, 2.75) is 19.1 Å². The van der Waals surface area contributed by atoms with Crippen molar-refractivity contribution in [2.24, 2.45) is 7.05 Å². The Kier molecular flexibility index (Phi) is 5.07. The summed E-state index contributed by atoms with van der Waals surface area (Å²) in [6, 6.07) is 8.35. The molecule has 1 N–H and O–H groups in total. The van der Waals surface area contributed by atoms with Gasteiger partial charge in [0, 0.05) is 37.9 Å². The van der Waals surface area contributed by atoms with Crippen molar-refractivity contribution in [1.82, 2.24) is 14.5 Å². The summed E-state index contributed by atoms with van der Waals surface area (Å²) in [7, 11) is 1.78. The molecule has 0 aliphatic rings. The van der Waals surface area contributed by atoms with E-state index in [2.05, 4.69) is 5.32 Å². The minimum absolute atomic E-state index is 0.157. The van der Waals surface area contributed by atoms with Crippen LogP contribution in [-0.2, 0) is 31.0 Å². The van der Waals surface area contributed by atoms with E-state index < -0.39 is 17.6 Å². The molecule has 3 aromatic rings. The predicted molar refractivity (Wildman–Crippen MR) is 95.3 cm³/mol. The first-order chi connectivity index (χ1) is 12.8. The third kappa shape index (κ3) is 4.21. The zero-order valence-electron chi connectivity index (χ0n) is 14.6. The molecule has 1 aromatic carbocycles. The van der Waals surface area contributed by atoms with Crippen molar-refractivity contribution in [3.05, 3.63) is 70.3 Å². The lowest BCUT2D eigenvalue weighted by atomic mass is 10.1. The lowest BCUT2D eigenvalue weighted by molar-refractivity contribution is -0.137. The molecule has 2 aromatic heterocycles. The van der Waals surface area contributed by atoms with Crippen LogP contribution in [0, 0.1) is 0 Å². The molecular formula is C19H18F3N3O2. The van der Waals surface area contributed by atoms with E-state index >= 15 is 0 Å². The fraction of sp³-hybridized carbons (Fsp3) is 0.263. The Hall–Kier alpha value is -3.03. The highest BCUT2D eigenvalue weighted by Gasteiger charge is 2.30. The average molecular weight is 377 g/mol. The Morgan fingerprint density at radius 1 is 1.15 bits per heavy atom. The number of carbonyl (C=O) groups excluding carboxylic acids is 1. The highest BCUT2D eigenvalue weighted by Crippen LogP contribution is 2.29. The average Bonchev–Trinajstić information content (AvgIpc) is 2.98. The lowest BCUT2D eigenvalue weighted by Gasteiger charge is -2.10. The number of aryl methyl sites for hydroxylation is 1. The van der Waals surface area contributed by atoms with Crippen LogP contribution in [0.15, 0.2) is 53.6 Å². The molecule has 3 rings (SSSR count). The van der Waals surface area contributed by atoms with E-state index in [1.54, 1.807) is 24.0 Å². The molecule has 0 fully saturated rings. The van der Waals surface area contributed by atoms with Gasteiger partial charge in [-0.1, -0.05) is 18.2 Å². The third-order valence-electron chi connectivity index (χ3n) is 4.30. The SMILES string of the molecule is Cn1ccc2ccn(CCNC(=O)Cc3cccc(C(F)(F)F)c3)c(=O)c21. The van der Waals surface area contributed by atoms with Crippen LogP contribution in [0.25, 0.3) is 10.9 Å². The van der Waals surface area contributed by atoms with Crippen LogP contribution in [0.4, 0.5) is 13.2 Å². The van der Waals surface area contributed by atoms with Gasteiger partial charge in [-0.25, -0.2) is 0 Å². The number of halogens is 3. The second kappa shape index (κ2) is 7.30. The molecule has 0 radical (unpaired) electrons. The van der Waals surface area contributed by atoms with Gasteiger partial charge in [0.15, 0.2) is 0 Å². The van der Waals surface area contributed by atoms with Gasteiger partial charge in [-0.3, -0.25) is 9.59 Å². The molecule has 0 bridgehead atoms. The predicted octanol–water partition coefficient (Wildman–Crippen LogP) is 2.72. The summed E-state index contributed by atoms with van der Waals surface area (Å²) < 4.78 is 41.4. The number of benzene rings is 1. The van der Waals surface area contributed by atoms with Crippen molar-refractivity contribution in [2.75, 3.05) is 6.54 Å². The number of carbonyl (C=O) groups is 1. The summed E-state index contributed by atoms with van der Waals surface area (Å²) in [4.78, 5) is 24.4. The van der Waals surface area contributed by atoms with Crippen molar-refractivity contribution < 1.29 is 18.0 Å². The van der Waals surface area contributed by atoms with Gasteiger partial charge in [0.25, 0.3) is 5.56 Å². The maximum Gasteiger partial charge on any atom is 0.416 e. The number of nitrogens with one attached hydrogen (secondary N) is 1. The summed E-state index contributed by atoms with van der Waals surface area (Å²) in [5.74, 6) is -0.401. The molecule has 2 heterocycles. The maximum atomic E-state index is 12.7. The summed E-state index contributed by atoms with van der Waals surface area (Å²) in [6.07, 6.45) is -1.14. The first-order valence-corrected chi connectivity index (χ1v) is 8.33. The number of hydrogen-bond donors (Lipinski definition) is 1. The number of alkyl halides is 3. The molecule has 0 aliphatic carbocycles. The highest BCUT2D eigenvalue weighted by molar-refractivity contribution is 5.79. The first kappa shape index (κ1) is 18.8. The van der Waals surface area contributed by atoms with E-state index in [1.165, 1.54) is 16.7 Å². The topological polar surface area (TPSA) is 56.0 Å². The van der Waals surface area contributed by atoms with Crippen LogP contribution in [-0.4, -0.2) is 21.6 Å². The van der Waals surface area contributed by atoms with Gasteiger partial charge in [-0.15, -0.1) is 0 Å². The molecule has 5 nitrogen and oxygen atoms in total. The molecule has 0 atom stereocenters. The zero-order chi connectivity index (χ0) is 19.6. The van der Waals surface area contributed by atoms with Crippen LogP contribution in [0.1, 0.15) is 11.1 Å². The van der Waals surface area contributed by atoms with Crippen LogP contribution >= 0.6 is 0 Å². The van der Waals surface area contributed by atoms with Crippen LogP contribution in [0.5, 0.6) is 0 Å². The van der Waals surface area contributed by atoms with Crippen molar-refractivity contribution in [3.63, 3.8) is 0 Å². The fourth-order valence-electron chi connectivity index (χ4n) is 2.93. The normalized spacial score (nSPS) is 11.7. The van der Waals surface area contributed by atoms with Crippen molar-refractivity contribution in [1.29, 1.82) is 0 Å². The first-order valence-electron chi connectivity index (χ1n) is 8.33. The smallest absolute Gasteiger partial charge is 0.354 e. The number of nitrogens with zero attached hydrogens (tertiary/aromatic N) is 2. The minimum atomic E-state index is -4.44. The largest absolute Gasteiger partial charge is 0.416 e. The summed E-state index contributed by atoms with van der Waals surface area (Å²) in [6.45, 7) is 0.474. The van der Waals surface area contributed by atoms with Crippen molar-refractivity contribution >= 4 is 16.8 Å². The van der Waals surface area contributed by atoms with Gasteiger partial charge in [-0.2, -0.15) is 13.2 Å². The van der Waals surface area contributed by atoms with Gasteiger partial charge >= 0.3 is 6.18 Å². The molecule has 0 aliphatic heterocycles. The number of hydrogen-bond acceptors (Lipinski definition) is 2. The zero-order valence-corrected chi connectivity index (χ0v) is 14.6. The number of aromatic nitrogens is 2. The van der Waals surface area contributed by atoms with Gasteiger partial charge in [0.05, 0.1) is 12.0 Å². The quantitative estimate of drug-likeness (QED) is 0.743. The lowest BCUT2D eigenvalue weighted by Crippen LogP contribution is -2.31. The molecule has 1 amide bonds.